The fourth-order valence-electron chi connectivity index (χ4n) is 1.94. The number of carbonyl (C=O) groups is 1. The largest absolute Gasteiger partial charge is 0.573 e. The van der Waals surface area contributed by atoms with Gasteiger partial charge in [0.2, 0.25) is 0 Å². The van der Waals surface area contributed by atoms with Gasteiger partial charge in [0.05, 0.1) is 0 Å². The molecular formula is C14H7F6NO2. The van der Waals surface area contributed by atoms with E-state index in [1.54, 1.807) is 0 Å². The smallest absolute Gasteiger partial charge is 0.406 e. The van der Waals surface area contributed by atoms with Crippen LogP contribution in [0.3, 0.4) is 0 Å². The topological polar surface area (TPSA) is 39.2 Å². The molecule has 3 nitrogen and oxygen atoms in total. The first-order chi connectivity index (χ1) is 10.6. The maximum absolute atomic E-state index is 13.0. The van der Waals surface area contributed by atoms with Crippen molar-refractivity contribution in [2.75, 3.05) is 0 Å². The first kappa shape index (κ1) is 16.8. The molecule has 122 valence electrons. The Balaban J connectivity index is 2.62. The van der Waals surface area contributed by atoms with Crippen LogP contribution >= 0.6 is 0 Å². The van der Waals surface area contributed by atoms with Gasteiger partial charge in [-0.25, -0.2) is 0 Å². The van der Waals surface area contributed by atoms with E-state index < -0.39 is 29.5 Å². The third-order valence-corrected chi connectivity index (χ3v) is 2.73. The lowest BCUT2D eigenvalue weighted by atomic mass is 9.98. The number of alkyl halides is 6. The van der Waals surface area contributed by atoms with Crippen molar-refractivity contribution in [2.45, 2.75) is 12.5 Å². The highest BCUT2D eigenvalue weighted by Crippen LogP contribution is 2.38. The van der Waals surface area contributed by atoms with Crippen LogP contribution in [0.4, 0.5) is 26.3 Å². The molecule has 1 aromatic carbocycles. The second-order valence-corrected chi connectivity index (χ2v) is 4.32. The number of hydrogen-bond acceptors (Lipinski definition) is 3. The number of halogens is 6. The lowest BCUT2D eigenvalue weighted by Gasteiger charge is -2.15. The van der Waals surface area contributed by atoms with Gasteiger partial charge >= 0.3 is 12.5 Å². The van der Waals surface area contributed by atoms with Crippen LogP contribution in [0.25, 0.3) is 11.1 Å². The van der Waals surface area contributed by atoms with Crippen LogP contribution in [-0.2, 0) is 6.18 Å². The van der Waals surface area contributed by atoms with E-state index in [-0.39, 0.29) is 17.4 Å². The Labute approximate surface area is 125 Å². The Morgan fingerprint density at radius 1 is 1.04 bits per heavy atom. The molecule has 0 aliphatic heterocycles. The molecule has 2 aromatic rings. The number of nitrogens with zero attached hydrogens (tertiary/aromatic N) is 1. The second-order valence-electron chi connectivity index (χ2n) is 4.32. The van der Waals surface area contributed by atoms with Gasteiger partial charge in [0.25, 0.3) is 0 Å². The van der Waals surface area contributed by atoms with Gasteiger partial charge in [-0.2, -0.15) is 13.2 Å². The van der Waals surface area contributed by atoms with Gasteiger partial charge < -0.3 is 4.74 Å². The Hall–Kier alpha value is -2.58. The molecule has 9 heteroatoms. The molecule has 0 fully saturated rings. The lowest BCUT2D eigenvalue weighted by Crippen LogP contribution is -2.17. The molecule has 0 saturated heterocycles. The maximum Gasteiger partial charge on any atom is 0.573 e. The number of carbonyl (C=O) groups excluding carboxylic acids is 1. The van der Waals surface area contributed by atoms with Crippen molar-refractivity contribution in [3.05, 3.63) is 47.8 Å². The second kappa shape index (κ2) is 5.90. The zero-order valence-corrected chi connectivity index (χ0v) is 11.1. The molecule has 0 bridgehead atoms. The van der Waals surface area contributed by atoms with E-state index in [9.17, 15) is 31.1 Å². The molecule has 0 aliphatic carbocycles. The van der Waals surface area contributed by atoms with Gasteiger partial charge in [0.15, 0.2) is 12.0 Å². The fourth-order valence-corrected chi connectivity index (χ4v) is 1.94. The summed E-state index contributed by atoms with van der Waals surface area (Å²) >= 11 is 0. The minimum atomic E-state index is -4.99. The summed E-state index contributed by atoms with van der Waals surface area (Å²) in [6, 6.07) is 4.93. The predicted molar refractivity (Wildman–Crippen MR) is 66.7 cm³/mol. The monoisotopic (exact) mass is 335 g/mol. The first-order valence-electron chi connectivity index (χ1n) is 5.99. The average Bonchev–Trinajstić information content (AvgIpc) is 2.44. The summed E-state index contributed by atoms with van der Waals surface area (Å²) in [6.07, 6.45) is -8.90. The quantitative estimate of drug-likeness (QED) is 0.613. The Morgan fingerprint density at radius 2 is 1.74 bits per heavy atom. The van der Waals surface area contributed by atoms with E-state index in [1.807, 2.05) is 0 Å². The number of benzene rings is 1. The number of hydrogen-bond donors (Lipinski definition) is 0. The molecule has 0 spiro atoms. The van der Waals surface area contributed by atoms with E-state index in [0.717, 1.165) is 36.5 Å². The van der Waals surface area contributed by atoms with E-state index in [4.69, 9.17) is 0 Å². The summed E-state index contributed by atoms with van der Waals surface area (Å²) < 4.78 is 79.4. The molecule has 0 saturated carbocycles. The van der Waals surface area contributed by atoms with Crippen molar-refractivity contribution >= 4 is 6.29 Å². The van der Waals surface area contributed by atoms with Gasteiger partial charge in [0.1, 0.15) is 5.75 Å². The first-order valence-corrected chi connectivity index (χ1v) is 5.99. The van der Waals surface area contributed by atoms with Crippen molar-refractivity contribution < 1.29 is 35.9 Å². The lowest BCUT2D eigenvalue weighted by molar-refractivity contribution is -0.274. The molecule has 0 unspecified atom stereocenters. The van der Waals surface area contributed by atoms with Crippen molar-refractivity contribution in [1.82, 2.24) is 4.98 Å². The maximum atomic E-state index is 13.0. The highest BCUT2D eigenvalue weighted by Gasteiger charge is 2.37. The van der Waals surface area contributed by atoms with Gasteiger partial charge in [-0.1, -0.05) is 12.1 Å². The van der Waals surface area contributed by atoms with Crippen LogP contribution in [0.15, 0.2) is 36.5 Å². The number of aldehydes is 1. The SMILES string of the molecule is O=Cc1ccnc(C(F)(F)F)c1-c1cccc(OC(F)(F)F)c1. The standard InChI is InChI=1S/C14H7F6NO2/c15-13(16,17)12-11(9(7-22)4-5-21-12)8-2-1-3-10(6-8)23-14(18,19)20/h1-7H. The van der Waals surface area contributed by atoms with Gasteiger partial charge in [-0.05, 0) is 23.8 Å². The number of ether oxygens (including phenoxy) is 1. The Bertz CT molecular complexity index is 724. The van der Waals surface area contributed by atoms with Gasteiger partial charge in [0, 0.05) is 17.3 Å². The van der Waals surface area contributed by atoms with Crippen LogP contribution in [0.2, 0.25) is 0 Å². The minimum Gasteiger partial charge on any atom is -0.406 e. The molecule has 0 atom stereocenters. The van der Waals surface area contributed by atoms with Crippen LogP contribution in [0.1, 0.15) is 16.1 Å². The summed E-state index contributed by atoms with van der Waals surface area (Å²) in [5.41, 5.74) is -2.60. The molecule has 0 aliphatic rings. The molecule has 23 heavy (non-hydrogen) atoms. The van der Waals surface area contributed by atoms with Crippen molar-refractivity contribution in [1.29, 1.82) is 0 Å². The molecule has 1 heterocycles. The number of aromatic nitrogens is 1. The van der Waals surface area contributed by atoms with Crippen molar-refractivity contribution in [2.24, 2.45) is 0 Å². The van der Waals surface area contributed by atoms with Gasteiger partial charge in [-0.3, -0.25) is 9.78 Å². The van der Waals surface area contributed by atoms with Crippen LogP contribution < -0.4 is 4.74 Å². The minimum absolute atomic E-state index is 0.170. The third-order valence-electron chi connectivity index (χ3n) is 2.73. The van der Waals surface area contributed by atoms with E-state index in [1.165, 1.54) is 0 Å². The zero-order valence-electron chi connectivity index (χ0n) is 11.1. The fraction of sp³-hybridized carbons (Fsp3) is 0.143. The molecule has 0 radical (unpaired) electrons. The Morgan fingerprint density at radius 3 is 2.30 bits per heavy atom. The van der Waals surface area contributed by atoms with E-state index in [2.05, 4.69) is 9.72 Å². The zero-order chi connectivity index (χ0) is 17.3. The molecular weight excluding hydrogens is 328 g/mol. The third kappa shape index (κ3) is 3.99. The van der Waals surface area contributed by atoms with Crippen LogP contribution in [0, 0.1) is 0 Å². The highest BCUT2D eigenvalue weighted by atomic mass is 19.4. The summed E-state index contributed by atoms with van der Waals surface area (Å²) in [7, 11) is 0. The van der Waals surface area contributed by atoms with E-state index in [0.29, 0.717) is 0 Å². The normalized spacial score (nSPS) is 12.1. The molecule has 0 N–H and O–H groups in total. The van der Waals surface area contributed by atoms with Crippen LogP contribution in [0.5, 0.6) is 5.75 Å². The summed E-state index contributed by atoms with van der Waals surface area (Å²) in [6.45, 7) is 0. The van der Waals surface area contributed by atoms with Crippen molar-refractivity contribution in [3.63, 3.8) is 0 Å². The molecule has 0 amide bonds. The number of rotatable bonds is 3. The van der Waals surface area contributed by atoms with Gasteiger partial charge in [-0.15, -0.1) is 13.2 Å². The van der Waals surface area contributed by atoms with Crippen LogP contribution in [-0.4, -0.2) is 17.6 Å². The molecule has 1 aromatic heterocycles. The Kier molecular flexibility index (Phi) is 4.31. The summed E-state index contributed by atoms with van der Waals surface area (Å²) in [4.78, 5) is 14.2. The summed E-state index contributed by atoms with van der Waals surface area (Å²) in [5, 5.41) is 0. The van der Waals surface area contributed by atoms with Crippen molar-refractivity contribution in [3.8, 4) is 16.9 Å². The summed E-state index contributed by atoms with van der Waals surface area (Å²) in [5.74, 6) is -0.705. The molecule has 2 rings (SSSR count). The number of pyridine rings is 1. The average molecular weight is 335 g/mol. The predicted octanol–water partition coefficient (Wildman–Crippen LogP) is 4.48. The highest BCUT2D eigenvalue weighted by molar-refractivity contribution is 5.89. The van der Waals surface area contributed by atoms with E-state index >= 15 is 0 Å².